The molecule has 1 aromatic heterocycles. The van der Waals surface area contributed by atoms with E-state index in [-0.39, 0.29) is 20.5 Å². The molecule has 5 nitrogen and oxygen atoms in total. The normalized spacial score (nSPS) is 11.4. The summed E-state index contributed by atoms with van der Waals surface area (Å²) < 4.78 is 27.1. The van der Waals surface area contributed by atoms with E-state index in [1.165, 1.54) is 24.3 Å². The number of hydrogen-bond donors (Lipinski definition) is 2. The minimum atomic E-state index is -3.91. The first-order chi connectivity index (χ1) is 9.70. The number of aryl methyl sites for hydroxylation is 1. The molecule has 0 fully saturated rings. The fourth-order valence-corrected chi connectivity index (χ4v) is 4.50. The number of anilines is 1. The lowest BCUT2D eigenvalue weighted by molar-refractivity contribution is 0.0698. The molecule has 0 amide bonds. The Kier molecular flexibility index (Phi) is 4.48. The summed E-state index contributed by atoms with van der Waals surface area (Å²) in [6.07, 6.45) is 0. The lowest BCUT2D eigenvalue weighted by Crippen LogP contribution is -2.14. The summed E-state index contributed by atoms with van der Waals surface area (Å²) in [6.45, 7) is 1.68. The number of hydrogen-bond acceptors (Lipinski definition) is 4. The Hall–Kier alpha value is -1.28. The molecular weight excluding hydrogens is 357 g/mol. The van der Waals surface area contributed by atoms with Gasteiger partial charge in [0.15, 0.2) is 0 Å². The monoisotopic (exact) mass is 365 g/mol. The van der Waals surface area contributed by atoms with Crippen LogP contribution in [0.2, 0.25) is 9.36 Å². The van der Waals surface area contributed by atoms with Crippen LogP contribution in [-0.4, -0.2) is 19.5 Å². The van der Waals surface area contributed by atoms with Gasteiger partial charge in [-0.25, -0.2) is 13.2 Å². The number of thiophene rings is 1. The third kappa shape index (κ3) is 3.49. The van der Waals surface area contributed by atoms with Crippen molar-refractivity contribution in [3.63, 3.8) is 0 Å². The van der Waals surface area contributed by atoms with Gasteiger partial charge in [-0.05, 0) is 36.8 Å². The van der Waals surface area contributed by atoms with Gasteiger partial charge in [0.25, 0.3) is 10.0 Å². The summed E-state index contributed by atoms with van der Waals surface area (Å²) in [6, 6.07) is 5.30. The van der Waals surface area contributed by atoms with Crippen LogP contribution in [0.15, 0.2) is 28.5 Å². The van der Waals surface area contributed by atoms with E-state index < -0.39 is 16.0 Å². The van der Waals surface area contributed by atoms with Gasteiger partial charge in [-0.1, -0.05) is 23.2 Å². The molecule has 1 aromatic carbocycles. The van der Waals surface area contributed by atoms with Crippen molar-refractivity contribution in [2.75, 3.05) is 4.72 Å². The van der Waals surface area contributed by atoms with Crippen LogP contribution in [0.25, 0.3) is 0 Å². The van der Waals surface area contributed by atoms with Crippen molar-refractivity contribution in [3.8, 4) is 0 Å². The lowest BCUT2D eigenvalue weighted by Gasteiger charge is -2.09. The molecule has 0 saturated heterocycles. The van der Waals surface area contributed by atoms with Crippen LogP contribution in [0.3, 0.4) is 0 Å². The summed E-state index contributed by atoms with van der Waals surface area (Å²) in [5.74, 6) is -1.28. The molecule has 0 aliphatic heterocycles. The highest BCUT2D eigenvalue weighted by molar-refractivity contribution is 7.94. The van der Waals surface area contributed by atoms with Gasteiger partial charge in [-0.15, -0.1) is 11.3 Å². The predicted octanol–water partition coefficient (Wildman–Crippen LogP) is 3.86. The zero-order valence-electron chi connectivity index (χ0n) is 10.6. The number of halogens is 2. The van der Waals surface area contributed by atoms with Crippen LogP contribution in [0, 0.1) is 6.92 Å². The maximum Gasteiger partial charge on any atom is 0.337 e. The van der Waals surface area contributed by atoms with E-state index in [1.807, 2.05) is 0 Å². The van der Waals surface area contributed by atoms with Gasteiger partial charge in [0, 0.05) is 5.02 Å². The van der Waals surface area contributed by atoms with Crippen molar-refractivity contribution in [2.24, 2.45) is 0 Å². The van der Waals surface area contributed by atoms with E-state index >= 15 is 0 Å². The van der Waals surface area contributed by atoms with Crippen molar-refractivity contribution in [3.05, 3.63) is 44.8 Å². The van der Waals surface area contributed by atoms with Gasteiger partial charge in [-0.2, -0.15) is 0 Å². The molecule has 2 rings (SSSR count). The van der Waals surface area contributed by atoms with E-state index in [9.17, 15) is 13.2 Å². The Bertz CT molecular complexity index is 795. The number of carbonyl (C=O) groups is 1. The number of sulfonamides is 1. The Morgan fingerprint density at radius 3 is 2.48 bits per heavy atom. The zero-order chi connectivity index (χ0) is 15.8. The first-order valence-electron chi connectivity index (χ1n) is 5.52. The van der Waals surface area contributed by atoms with Gasteiger partial charge < -0.3 is 5.11 Å². The maximum absolute atomic E-state index is 12.2. The minimum absolute atomic E-state index is 0.0105. The molecule has 9 heteroatoms. The summed E-state index contributed by atoms with van der Waals surface area (Å²) in [5.41, 5.74) is 0.344. The summed E-state index contributed by atoms with van der Waals surface area (Å²) in [5, 5.41) is 9.29. The van der Waals surface area contributed by atoms with Gasteiger partial charge in [0.1, 0.15) is 4.21 Å². The third-order valence-electron chi connectivity index (χ3n) is 2.56. The third-order valence-corrected chi connectivity index (χ3v) is 6.19. The fourth-order valence-electron chi connectivity index (χ4n) is 1.54. The average Bonchev–Trinajstić information content (AvgIpc) is 2.72. The first-order valence-corrected chi connectivity index (χ1v) is 8.58. The van der Waals surface area contributed by atoms with Crippen molar-refractivity contribution in [1.29, 1.82) is 0 Å². The molecule has 0 saturated carbocycles. The van der Waals surface area contributed by atoms with Crippen molar-refractivity contribution in [2.45, 2.75) is 11.1 Å². The molecule has 0 aliphatic carbocycles. The molecule has 0 aliphatic rings. The highest BCUT2D eigenvalue weighted by Gasteiger charge is 2.21. The number of rotatable bonds is 4. The first kappa shape index (κ1) is 16.1. The standard InChI is InChI=1S/C12H9Cl2NO4S2/c1-6-4-10(20-11(6)14)21(18,19)15-9-3-2-7(13)5-8(9)12(16)17/h2-5,15H,1H3,(H,16,17). The topological polar surface area (TPSA) is 83.5 Å². The largest absolute Gasteiger partial charge is 0.478 e. The van der Waals surface area contributed by atoms with Crippen molar-refractivity contribution in [1.82, 2.24) is 0 Å². The fraction of sp³-hybridized carbons (Fsp3) is 0.0833. The molecule has 0 radical (unpaired) electrons. The number of carboxylic acids is 1. The Morgan fingerprint density at radius 1 is 1.29 bits per heavy atom. The molecular formula is C12H9Cl2NO4S2. The second-order valence-corrected chi connectivity index (χ2v) is 8.12. The molecule has 0 spiro atoms. The molecule has 0 unspecified atom stereocenters. The van der Waals surface area contributed by atoms with Crippen LogP contribution >= 0.6 is 34.5 Å². The summed E-state index contributed by atoms with van der Waals surface area (Å²) in [7, 11) is -3.91. The Labute approximate surface area is 135 Å². The number of carboxylic acid groups (broad SMARTS) is 1. The highest BCUT2D eigenvalue weighted by atomic mass is 35.5. The smallest absolute Gasteiger partial charge is 0.337 e. The molecule has 1 heterocycles. The van der Waals surface area contributed by atoms with E-state index in [2.05, 4.69) is 4.72 Å². The van der Waals surface area contributed by atoms with Gasteiger partial charge >= 0.3 is 5.97 Å². The van der Waals surface area contributed by atoms with E-state index in [1.54, 1.807) is 6.92 Å². The second kappa shape index (κ2) is 5.84. The van der Waals surface area contributed by atoms with Gasteiger partial charge in [0.05, 0.1) is 15.6 Å². The SMILES string of the molecule is Cc1cc(S(=O)(=O)Nc2ccc(Cl)cc2C(=O)O)sc1Cl. The second-order valence-electron chi connectivity index (χ2n) is 4.12. The minimum Gasteiger partial charge on any atom is -0.478 e. The lowest BCUT2D eigenvalue weighted by atomic mass is 10.2. The molecule has 2 N–H and O–H groups in total. The van der Waals surface area contributed by atoms with E-state index in [0.29, 0.717) is 9.90 Å². The van der Waals surface area contributed by atoms with Crippen LogP contribution < -0.4 is 4.72 Å². The molecule has 0 bridgehead atoms. The zero-order valence-corrected chi connectivity index (χ0v) is 13.7. The molecule has 21 heavy (non-hydrogen) atoms. The number of benzene rings is 1. The van der Waals surface area contributed by atoms with E-state index in [4.69, 9.17) is 28.3 Å². The Balaban J connectivity index is 2.44. The van der Waals surface area contributed by atoms with Crippen LogP contribution in [0.5, 0.6) is 0 Å². The molecule has 0 atom stereocenters. The van der Waals surface area contributed by atoms with Crippen molar-refractivity contribution < 1.29 is 18.3 Å². The molecule has 2 aromatic rings. The van der Waals surface area contributed by atoms with Crippen molar-refractivity contribution >= 4 is 56.2 Å². The van der Waals surface area contributed by atoms with Crippen LogP contribution in [0.4, 0.5) is 5.69 Å². The number of nitrogens with one attached hydrogen (secondary N) is 1. The van der Waals surface area contributed by atoms with Gasteiger partial charge in [0.2, 0.25) is 0 Å². The quantitative estimate of drug-likeness (QED) is 0.861. The van der Waals surface area contributed by atoms with E-state index in [0.717, 1.165) is 11.3 Å². The highest BCUT2D eigenvalue weighted by Crippen LogP contribution is 2.32. The molecule has 112 valence electrons. The Morgan fingerprint density at radius 2 is 1.95 bits per heavy atom. The average molecular weight is 366 g/mol. The summed E-state index contributed by atoms with van der Waals surface area (Å²) in [4.78, 5) is 11.1. The summed E-state index contributed by atoms with van der Waals surface area (Å²) >= 11 is 12.5. The number of aromatic carboxylic acids is 1. The van der Waals surface area contributed by atoms with Crippen LogP contribution in [-0.2, 0) is 10.0 Å². The maximum atomic E-state index is 12.2. The predicted molar refractivity (Wildman–Crippen MR) is 83.3 cm³/mol. The van der Waals surface area contributed by atoms with Gasteiger partial charge in [-0.3, -0.25) is 4.72 Å². The van der Waals surface area contributed by atoms with Crippen LogP contribution in [0.1, 0.15) is 15.9 Å².